The second-order valence-electron chi connectivity index (χ2n) is 9.07. The third-order valence-electron chi connectivity index (χ3n) is 7.21. The third-order valence-corrected chi connectivity index (χ3v) is 7.21. The lowest BCUT2D eigenvalue weighted by Crippen LogP contribution is -2.37. The van der Waals surface area contributed by atoms with Gasteiger partial charge in [0.25, 0.3) is 5.56 Å². The van der Waals surface area contributed by atoms with E-state index in [0.717, 1.165) is 44.1 Å². The quantitative estimate of drug-likeness (QED) is 0.721. The number of carbonyl (C=O) groups excluding carboxylic acids is 1. The van der Waals surface area contributed by atoms with Gasteiger partial charge in [-0.05, 0) is 37.5 Å². The SMILES string of the molecule is CN(c1ccc(=O)n(CC(=O)N2CCc3c(N4CCOCC4)cccc32)c1)C1CCCC1. The number of aromatic nitrogens is 1. The van der Waals surface area contributed by atoms with Crippen LogP contribution < -0.4 is 20.3 Å². The minimum absolute atomic E-state index is 0.0364. The van der Waals surface area contributed by atoms with Crippen molar-refractivity contribution in [2.45, 2.75) is 44.7 Å². The fourth-order valence-corrected chi connectivity index (χ4v) is 5.36. The van der Waals surface area contributed by atoms with Gasteiger partial charge >= 0.3 is 0 Å². The monoisotopic (exact) mass is 436 g/mol. The zero-order valence-corrected chi connectivity index (χ0v) is 18.8. The number of rotatable bonds is 5. The number of ether oxygens (including phenoxy) is 1. The molecule has 2 aliphatic heterocycles. The molecule has 0 N–H and O–H groups in total. The second-order valence-corrected chi connectivity index (χ2v) is 9.07. The molecule has 5 rings (SSSR count). The average molecular weight is 437 g/mol. The van der Waals surface area contributed by atoms with Crippen LogP contribution >= 0.6 is 0 Å². The van der Waals surface area contributed by atoms with Crippen LogP contribution in [0.5, 0.6) is 0 Å². The lowest BCUT2D eigenvalue weighted by molar-refractivity contribution is -0.119. The van der Waals surface area contributed by atoms with E-state index in [1.165, 1.54) is 36.9 Å². The minimum atomic E-state index is -0.136. The molecule has 1 saturated heterocycles. The molecule has 3 aliphatic rings. The summed E-state index contributed by atoms with van der Waals surface area (Å²) in [7, 11) is 2.09. The van der Waals surface area contributed by atoms with E-state index < -0.39 is 0 Å². The molecule has 1 aromatic carbocycles. The first kappa shape index (κ1) is 21.1. The van der Waals surface area contributed by atoms with E-state index >= 15 is 0 Å². The van der Waals surface area contributed by atoms with Gasteiger partial charge in [0, 0.05) is 61.9 Å². The zero-order chi connectivity index (χ0) is 22.1. The van der Waals surface area contributed by atoms with Gasteiger partial charge in [0.05, 0.1) is 18.9 Å². The first-order valence-electron chi connectivity index (χ1n) is 11.8. The highest BCUT2D eigenvalue weighted by molar-refractivity contribution is 5.96. The van der Waals surface area contributed by atoms with Gasteiger partial charge in [-0.2, -0.15) is 0 Å². The smallest absolute Gasteiger partial charge is 0.251 e. The average Bonchev–Trinajstić information content (AvgIpc) is 3.51. The van der Waals surface area contributed by atoms with Crippen LogP contribution in [0.15, 0.2) is 41.3 Å². The molecule has 32 heavy (non-hydrogen) atoms. The summed E-state index contributed by atoms with van der Waals surface area (Å²) in [5.74, 6) is -0.0364. The van der Waals surface area contributed by atoms with Crippen LogP contribution in [-0.4, -0.2) is 56.4 Å². The number of pyridine rings is 1. The molecule has 2 aromatic rings. The molecule has 2 fully saturated rings. The van der Waals surface area contributed by atoms with E-state index in [4.69, 9.17) is 4.74 Å². The summed E-state index contributed by atoms with van der Waals surface area (Å²) >= 11 is 0. The van der Waals surface area contributed by atoms with E-state index in [0.29, 0.717) is 12.6 Å². The minimum Gasteiger partial charge on any atom is -0.378 e. The van der Waals surface area contributed by atoms with Crippen molar-refractivity contribution >= 4 is 23.0 Å². The predicted molar refractivity (Wildman–Crippen MR) is 127 cm³/mol. The molecule has 170 valence electrons. The number of anilines is 3. The van der Waals surface area contributed by atoms with Gasteiger partial charge in [0.2, 0.25) is 5.91 Å². The number of benzene rings is 1. The van der Waals surface area contributed by atoms with E-state index in [2.05, 4.69) is 22.9 Å². The molecule has 1 aromatic heterocycles. The Hall–Kier alpha value is -2.80. The van der Waals surface area contributed by atoms with Crippen molar-refractivity contribution in [2.75, 3.05) is 54.6 Å². The molecule has 0 radical (unpaired) electrons. The van der Waals surface area contributed by atoms with E-state index in [1.807, 2.05) is 29.3 Å². The van der Waals surface area contributed by atoms with E-state index in [9.17, 15) is 9.59 Å². The first-order chi connectivity index (χ1) is 15.6. The molecule has 1 amide bonds. The first-order valence-corrected chi connectivity index (χ1v) is 11.8. The van der Waals surface area contributed by atoms with Crippen LogP contribution in [0.2, 0.25) is 0 Å². The summed E-state index contributed by atoms with van der Waals surface area (Å²) in [6.45, 7) is 3.95. The third kappa shape index (κ3) is 4.01. The van der Waals surface area contributed by atoms with Crippen LogP contribution in [0.25, 0.3) is 0 Å². The fourth-order valence-electron chi connectivity index (χ4n) is 5.36. The van der Waals surface area contributed by atoms with Crippen molar-refractivity contribution in [3.8, 4) is 0 Å². The van der Waals surface area contributed by atoms with Crippen molar-refractivity contribution < 1.29 is 9.53 Å². The van der Waals surface area contributed by atoms with Gasteiger partial charge < -0.3 is 24.0 Å². The van der Waals surface area contributed by atoms with Crippen LogP contribution in [0, 0.1) is 0 Å². The lowest BCUT2D eigenvalue weighted by Gasteiger charge is -2.30. The number of hydrogen-bond donors (Lipinski definition) is 0. The molecule has 1 aliphatic carbocycles. The molecule has 7 nitrogen and oxygen atoms in total. The Morgan fingerprint density at radius 3 is 2.59 bits per heavy atom. The maximum absolute atomic E-state index is 13.3. The van der Waals surface area contributed by atoms with Crippen LogP contribution in [-0.2, 0) is 22.5 Å². The highest BCUT2D eigenvalue weighted by atomic mass is 16.5. The second kappa shape index (κ2) is 8.98. The Bertz CT molecular complexity index is 1040. The van der Waals surface area contributed by atoms with Crippen LogP contribution in [0.1, 0.15) is 31.2 Å². The summed E-state index contributed by atoms with van der Waals surface area (Å²) < 4.78 is 7.06. The maximum atomic E-state index is 13.3. The Morgan fingerprint density at radius 2 is 1.81 bits per heavy atom. The summed E-state index contributed by atoms with van der Waals surface area (Å²) in [6.07, 6.45) is 7.57. The molecule has 0 bridgehead atoms. The van der Waals surface area contributed by atoms with Crippen LogP contribution in [0.3, 0.4) is 0 Å². The summed E-state index contributed by atoms with van der Waals surface area (Å²) in [6, 6.07) is 10.2. The Balaban J connectivity index is 1.35. The van der Waals surface area contributed by atoms with Gasteiger partial charge in [-0.15, -0.1) is 0 Å². The zero-order valence-electron chi connectivity index (χ0n) is 18.8. The topological polar surface area (TPSA) is 58.0 Å². The predicted octanol–water partition coefficient (Wildman–Crippen LogP) is 2.65. The van der Waals surface area contributed by atoms with Crippen LogP contribution in [0.4, 0.5) is 17.1 Å². The van der Waals surface area contributed by atoms with Gasteiger partial charge in [-0.1, -0.05) is 18.9 Å². The van der Waals surface area contributed by atoms with Crippen molar-refractivity contribution in [1.29, 1.82) is 0 Å². The lowest BCUT2D eigenvalue weighted by atomic mass is 10.1. The van der Waals surface area contributed by atoms with Gasteiger partial charge in [0.1, 0.15) is 6.54 Å². The molecule has 1 saturated carbocycles. The number of amides is 1. The number of fused-ring (bicyclic) bond motifs is 1. The largest absolute Gasteiger partial charge is 0.378 e. The summed E-state index contributed by atoms with van der Waals surface area (Å²) in [4.78, 5) is 32.3. The number of nitrogens with zero attached hydrogens (tertiary/aromatic N) is 4. The van der Waals surface area contributed by atoms with Gasteiger partial charge in [0.15, 0.2) is 0 Å². The summed E-state index contributed by atoms with van der Waals surface area (Å²) in [5, 5.41) is 0. The molecule has 0 spiro atoms. The fraction of sp³-hybridized carbons (Fsp3) is 0.520. The van der Waals surface area contributed by atoms with E-state index in [1.54, 1.807) is 10.6 Å². The van der Waals surface area contributed by atoms with Crippen molar-refractivity contribution in [3.63, 3.8) is 0 Å². The van der Waals surface area contributed by atoms with Crippen molar-refractivity contribution in [2.24, 2.45) is 0 Å². The van der Waals surface area contributed by atoms with Crippen molar-refractivity contribution in [1.82, 2.24) is 4.57 Å². The number of carbonyl (C=O) groups is 1. The van der Waals surface area contributed by atoms with Crippen molar-refractivity contribution in [3.05, 3.63) is 52.4 Å². The molecular formula is C25H32N4O3. The molecule has 0 unspecified atom stereocenters. The molecular weight excluding hydrogens is 404 g/mol. The standard InChI is InChI=1S/C25H32N4O3/c1-26(19-5-2-3-6-19)20-9-10-24(30)28(17-20)18-25(31)29-12-11-21-22(7-4-8-23(21)29)27-13-15-32-16-14-27/h4,7-10,17,19H,2-3,5-6,11-16,18H2,1H3. The molecule has 7 heteroatoms. The Labute approximate surface area is 189 Å². The molecule has 0 atom stereocenters. The van der Waals surface area contributed by atoms with Gasteiger partial charge in [-0.25, -0.2) is 0 Å². The highest BCUT2D eigenvalue weighted by Crippen LogP contribution is 2.36. The molecule has 3 heterocycles. The Kier molecular flexibility index (Phi) is 5.91. The maximum Gasteiger partial charge on any atom is 0.251 e. The van der Waals surface area contributed by atoms with Gasteiger partial charge in [-0.3, -0.25) is 9.59 Å². The van der Waals surface area contributed by atoms with E-state index in [-0.39, 0.29) is 18.0 Å². The highest BCUT2D eigenvalue weighted by Gasteiger charge is 2.29. The Morgan fingerprint density at radius 1 is 1.06 bits per heavy atom. The summed E-state index contributed by atoms with van der Waals surface area (Å²) in [5.41, 5.74) is 4.28. The normalized spacial score (nSPS) is 18.8. The number of morpholine rings is 1. The number of hydrogen-bond acceptors (Lipinski definition) is 5.